The minimum absolute atomic E-state index is 0.0644. The maximum absolute atomic E-state index is 13.1. The number of carbonyl (C=O) groups is 1. The molecule has 3 aromatic rings. The van der Waals surface area contributed by atoms with Crippen LogP contribution in [0.25, 0.3) is 5.69 Å². The summed E-state index contributed by atoms with van der Waals surface area (Å²) >= 11 is 0. The SMILES string of the molecule is Cc1nn(-c2ccccc2)cc1C(=O)N1CCc2c1cccc2[N+](=O)[O-]. The first-order chi connectivity index (χ1) is 12.6. The van der Waals surface area contributed by atoms with E-state index in [1.165, 1.54) is 6.07 Å². The Hall–Kier alpha value is -3.48. The second kappa shape index (κ2) is 6.11. The number of nitrogens with zero attached hydrogens (tertiary/aromatic N) is 4. The summed E-state index contributed by atoms with van der Waals surface area (Å²) < 4.78 is 1.67. The molecule has 0 atom stereocenters. The Bertz CT molecular complexity index is 1010. The van der Waals surface area contributed by atoms with Crippen molar-refractivity contribution in [1.29, 1.82) is 0 Å². The van der Waals surface area contributed by atoms with E-state index < -0.39 is 4.92 Å². The smallest absolute Gasteiger partial charge is 0.274 e. The molecule has 0 N–H and O–H groups in total. The van der Waals surface area contributed by atoms with Gasteiger partial charge in [0.1, 0.15) is 0 Å². The van der Waals surface area contributed by atoms with Crippen molar-refractivity contribution in [3.05, 3.63) is 81.7 Å². The van der Waals surface area contributed by atoms with Crippen LogP contribution in [0.2, 0.25) is 0 Å². The van der Waals surface area contributed by atoms with Gasteiger partial charge in [0.2, 0.25) is 0 Å². The number of carbonyl (C=O) groups excluding carboxylic acids is 1. The normalized spacial score (nSPS) is 12.9. The van der Waals surface area contributed by atoms with Crippen molar-refractivity contribution in [2.75, 3.05) is 11.4 Å². The molecule has 1 amide bonds. The van der Waals surface area contributed by atoms with Gasteiger partial charge in [0.05, 0.1) is 33.1 Å². The summed E-state index contributed by atoms with van der Waals surface area (Å²) in [6, 6.07) is 14.4. The summed E-state index contributed by atoms with van der Waals surface area (Å²) in [5.74, 6) is -0.191. The van der Waals surface area contributed by atoms with Gasteiger partial charge in [-0.2, -0.15) is 5.10 Å². The van der Waals surface area contributed by atoms with Gasteiger partial charge in [-0.3, -0.25) is 14.9 Å². The predicted octanol–water partition coefficient (Wildman–Crippen LogP) is 3.29. The summed E-state index contributed by atoms with van der Waals surface area (Å²) in [4.78, 5) is 25.5. The van der Waals surface area contributed by atoms with Crippen LogP contribution in [0, 0.1) is 17.0 Å². The van der Waals surface area contributed by atoms with Crippen molar-refractivity contribution in [2.45, 2.75) is 13.3 Å². The third-order valence-electron chi connectivity index (χ3n) is 4.59. The highest BCUT2D eigenvalue weighted by molar-refractivity contribution is 6.08. The lowest BCUT2D eigenvalue weighted by Gasteiger charge is -2.16. The van der Waals surface area contributed by atoms with Gasteiger partial charge in [0.25, 0.3) is 11.6 Å². The highest BCUT2D eigenvalue weighted by atomic mass is 16.6. The van der Waals surface area contributed by atoms with E-state index in [2.05, 4.69) is 5.10 Å². The summed E-state index contributed by atoms with van der Waals surface area (Å²) in [6.07, 6.45) is 2.19. The molecule has 0 spiro atoms. The van der Waals surface area contributed by atoms with Gasteiger partial charge >= 0.3 is 0 Å². The summed E-state index contributed by atoms with van der Waals surface area (Å²) in [7, 11) is 0. The second-order valence-corrected chi connectivity index (χ2v) is 6.15. The number of hydrogen-bond acceptors (Lipinski definition) is 4. The molecule has 2 aromatic carbocycles. The molecule has 0 fully saturated rings. The number of para-hydroxylation sites is 1. The Balaban J connectivity index is 1.70. The van der Waals surface area contributed by atoms with E-state index in [1.807, 2.05) is 30.3 Å². The van der Waals surface area contributed by atoms with Gasteiger partial charge in [-0.15, -0.1) is 0 Å². The number of aromatic nitrogens is 2. The van der Waals surface area contributed by atoms with E-state index in [9.17, 15) is 14.9 Å². The average molecular weight is 348 g/mol. The van der Waals surface area contributed by atoms with Gasteiger partial charge in [-0.1, -0.05) is 24.3 Å². The van der Waals surface area contributed by atoms with E-state index in [0.29, 0.717) is 35.5 Å². The van der Waals surface area contributed by atoms with Crippen molar-refractivity contribution in [3.63, 3.8) is 0 Å². The first-order valence-electron chi connectivity index (χ1n) is 8.26. The Morgan fingerprint density at radius 2 is 1.92 bits per heavy atom. The van der Waals surface area contributed by atoms with Crippen molar-refractivity contribution < 1.29 is 9.72 Å². The lowest BCUT2D eigenvalue weighted by atomic mass is 10.1. The van der Waals surface area contributed by atoms with Crippen molar-refractivity contribution >= 4 is 17.3 Å². The molecule has 7 heteroatoms. The molecule has 0 aliphatic carbocycles. The zero-order valence-electron chi connectivity index (χ0n) is 14.1. The third kappa shape index (κ3) is 2.54. The summed E-state index contributed by atoms with van der Waals surface area (Å²) in [6.45, 7) is 2.21. The third-order valence-corrected chi connectivity index (χ3v) is 4.59. The Morgan fingerprint density at radius 3 is 2.65 bits per heavy atom. The van der Waals surface area contributed by atoms with Gasteiger partial charge in [0, 0.05) is 18.8 Å². The molecule has 0 radical (unpaired) electrons. The van der Waals surface area contributed by atoms with Gasteiger partial charge < -0.3 is 4.90 Å². The van der Waals surface area contributed by atoms with Gasteiger partial charge in [-0.25, -0.2) is 4.68 Å². The minimum atomic E-state index is -0.397. The molecule has 2 heterocycles. The fourth-order valence-corrected chi connectivity index (χ4v) is 3.33. The number of aryl methyl sites for hydroxylation is 1. The number of benzene rings is 2. The maximum Gasteiger partial charge on any atom is 0.274 e. The van der Waals surface area contributed by atoms with Crippen molar-refractivity contribution in [2.24, 2.45) is 0 Å². The molecule has 130 valence electrons. The topological polar surface area (TPSA) is 81.3 Å². The molecule has 0 saturated heterocycles. The summed E-state index contributed by atoms with van der Waals surface area (Å²) in [5, 5.41) is 15.6. The zero-order chi connectivity index (χ0) is 18.3. The number of nitro groups is 1. The monoisotopic (exact) mass is 348 g/mol. The number of amides is 1. The highest BCUT2D eigenvalue weighted by Crippen LogP contribution is 2.35. The number of rotatable bonds is 3. The van der Waals surface area contributed by atoms with Crippen LogP contribution in [0.1, 0.15) is 21.6 Å². The van der Waals surface area contributed by atoms with Gasteiger partial charge in [0.15, 0.2) is 0 Å². The molecule has 4 rings (SSSR count). The predicted molar refractivity (Wildman–Crippen MR) is 96.8 cm³/mol. The van der Waals surface area contributed by atoms with E-state index >= 15 is 0 Å². The van der Waals surface area contributed by atoms with Crippen LogP contribution >= 0.6 is 0 Å². The zero-order valence-corrected chi connectivity index (χ0v) is 14.1. The fourth-order valence-electron chi connectivity index (χ4n) is 3.33. The Morgan fingerprint density at radius 1 is 1.15 bits per heavy atom. The van der Waals surface area contributed by atoms with Gasteiger partial charge in [-0.05, 0) is 31.5 Å². The molecule has 0 unspecified atom stereocenters. The maximum atomic E-state index is 13.1. The molecule has 26 heavy (non-hydrogen) atoms. The lowest BCUT2D eigenvalue weighted by molar-refractivity contribution is -0.385. The quantitative estimate of drug-likeness (QED) is 0.537. The molecule has 1 aliphatic heterocycles. The van der Waals surface area contributed by atoms with Crippen LogP contribution in [0.4, 0.5) is 11.4 Å². The van der Waals surface area contributed by atoms with Crippen LogP contribution in [0.3, 0.4) is 0 Å². The first kappa shape index (κ1) is 16.0. The van der Waals surface area contributed by atoms with E-state index in [-0.39, 0.29) is 11.6 Å². The molecule has 0 saturated carbocycles. The van der Waals surface area contributed by atoms with Crippen LogP contribution in [-0.4, -0.2) is 27.2 Å². The summed E-state index contributed by atoms with van der Waals surface area (Å²) in [5.41, 5.74) is 3.27. The molecule has 0 bridgehead atoms. The lowest BCUT2D eigenvalue weighted by Crippen LogP contribution is -2.29. The average Bonchev–Trinajstić information content (AvgIpc) is 3.25. The Labute approximate surface area is 149 Å². The van der Waals surface area contributed by atoms with Crippen LogP contribution < -0.4 is 4.90 Å². The molecular formula is C19H16N4O3. The van der Waals surface area contributed by atoms with Crippen LogP contribution in [-0.2, 0) is 6.42 Å². The molecule has 1 aliphatic rings. The first-order valence-corrected chi connectivity index (χ1v) is 8.26. The van der Waals surface area contributed by atoms with E-state index in [0.717, 1.165) is 5.69 Å². The van der Waals surface area contributed by atoms with E-state index in [4.69, 9.17) is 0 Å². The molecule has 1 aromatic heterocycles. The fraction of sp³-hybridized carbons (Fsp3) is 0.158. The Kier molecular flexibility index (Phi) is 3.76. The number of anilines is 1. The second-order valence-electron chi connectivity index (χ2n) is 6.15. The highest BCUT2D eigenvalue weighted by Gasteiger charge is 2.32. The molecule has 7 nitrogen and oxygen atoms in total. The van der Waals surface area contributed by atoms with Crippen LogP contribution in [0.5, 0.6) is 0 Å². The number of nitro benzene ring substituents is 1. The number of fused-ring (bicyclic) bond motifs is 1. The van der Waals surface area contributed by atoms with E-state index in [1.54, 1.807) is 34.8 Å². The minimum Gasteiger partial charge on any atom is -0.307 e. The van der Waals surface area contributed by atoms with Crippen LogP contribution in [0.15, 0.2) is 54.7 Å². The van der Waals surface area contributed by atoms with Crippen molar-refractivity contribution in [3.8, 4) is 5.69 Å². The number of hydrogen-bond donors (Lipinski definition) is 0. The molecular weight excluding hydrogens is 332 g/mol. The van der Waals surface area contributed by atoms with Crippen molar-refractivity contribution in [1.82, 2.24) is 9.78 Å². The largest absolute Gasteiger partial charge is 0.307 e. The standard InChI is InChI=1S/C19H16N4O3/c1-13-16(12-22(20-13)14-6-3-2-4-7-14)19(24)21-11-10-15-17(21)8-5-9-18(15)23(25)26/h2-9,12H,10-11H2,1H3.